The van der Waals surface area contributed by atoms with Crippen LogP contribution in [0.4, 0.5) is 0 Å². The SMILES string of the molecule is [2H]C([2H])([2H])Oc1cc2c(cc1OC)C1CC(OC(=O)[C@@]([2H])(N)C([2H])(C([2H])([2H])[2H])C([2H])([2H])[2H])C(CC(C)C)CN1CC2. The minimum Gasteiger partial charge on any atom is -0.493 e. The number of benzene rings is 1. The van der Waals surface area contributed by atoms with Crippen molar-refractivity contribution >= 4 is 5.97 Å². The summed E-state index contributed by atoms with van der Waals surface area (Å²) >= 11 is 0. The van der Waals surface area contributed by atoms with Crippen LogP contribution in [0.15, 0.2) is 12.1 Å². The molecule has 0 aliphatic carbocycles. The maximum Gasteiger partial charge on any atom is 0.323 e. The Morgan fingerprint density at radius 3 is 2.77 bits per heavy atom. The van der Waals surface area contributed by atoms with Crippen LogP contribution in [0.3, 0.4) is 0 Å². The molecule has 3 unspecified atom stereocenters. The first kappa shape index (κ1) is 12.3. The second kappa shape index (κ2) is 9.56. The summed E-state index contributed by atoms with van der Waals surface area (Å²) in [5.74, 6) is -5.02. The molecule has 6 heteroatoms. The Hall–Kier alpha value is -1.79. The molecule has 2 heterocycles. The average Bonchev–Trinajstić information content (AvgIpc) is 2.80. The lowest BCUT2D eigenvalue weighted by atomic mass is 9.79. The van der Waals surface area contributed by atoms with Gasteiger partial charge in [-0.05, 0) is 47.9 Å². The zero-order valence-corrected chi connectivity index (χ0v) is 17.7. The largest absolute Gasteiger partial charge is 0.493 e. The topological polar surface area (TPSA) is 74.0 Å². The van der Waals surface area contributed by atoms with Gasteiger partial charge < -0.3 is 19.9 Å². The summed E-state index contributed by atoms with van der Waals surface area (Å²) < 4.78 is 101. The number of nitrogens with zero attached hydrogens (tertiary/aromatic N) is 1. The van der Waals surface area contributed by atoms with E-state index in [-0.39, 0.29) is 35.8 Å². The van der Waals surface area contributed by atoms with E-state index in [0.29, 0.717) is 25.9 Å². The van der Waals surface area contributed by atoms with Crippen LogP contribution in [0, 0.1) is 17.7 Å². The molecule has 0 radical (unpaired) electrons. The minimum atomic E-state index is -3.65. The Labute approximate surface area is 196 Å². The highest BCUT2D eigenvalue weighted by atomic mass is 16.5. The number of methoxy groups -OCH3 is 2. The number of hydrogen-bond acceptors (Lipinski definition) is 6. The van der Waals surface area contributed by atoms with Gasteiger partial charge in [-0.15, -0.1) is 0 Å². The van der Waals surface area contributed by atoms with E-state index < -0.39 is 44.7 Å². The summed E-state index contributed by atoms with van der Waals surface area (Å²) in [5, 5.41) is 0. The minimum absolute atomic E-state index is 0.0689. The zero-order chi connectivity index (χ0) is 31.3. The van der Waals surface area contributed by atoms with Gasteiger partial charge in [0.1, 0.15) is 12.1 Å². The smallest absolute Gasteiger partial charge is 0.323 e. The van der Waals surface area contributed by atoms with Gasteiger partial charge >= 0.3 is 5.97 Å². The van der Waals surface area contributed by atoms with Crippen molar-refractivity contribution in [1.29, 1.82) is 0 Å². The van der Waals surface area contributed by atoms with Crippen LogP contribution in [-0.4, -0.2) is 50.2 Å². The maximum absolute atomic E-state index is 13.3. The number of rotatable bonds is 7. The molecule has 0 spiro atoms. The molecular formula is C24H38N2O4. The third kappa shape index (κ3) is 4.75. The summed E-state index contributed by atoms with van der Waals surface area (Å²) in [6.45, 7) is -2.10. The van der Waals surface area contributed by atoms with Crippen LogP contribution >= 0.6 is 0 Å². The van der Waals surface area contributed by atoms with Gasteiger partial charge in [0.15, 0.2) is 11.5 Å². The molecule has 0 amide bonds. The maximum atomic E-state index is 13.3. The van der Waals surface area contributed by atoms with Crippen molar-refractivity contribution in [2.45, 2.75) is 65.0 Å². The van der Waals surface area contributed by atoms with Crippen molar-refractivity contribution in [2.24, 2.45) is 23.5 Å². The van der Waals surface area contributed by atoms with Gasteiger partial charge in [0.05, 0.1) is 19.6 Å². The Bertz CT molecular complexity index is 1100. The number of ether oxygens (including phenoxy) is 3. The van der Waals surface area contributed by atoms with E-state index in [2.05, 4.69) is 4.90 Å². The number of fused-ring (bicyclic) bond motifs is 3. The molecule has 2 N–H and O–H groups in total. The van der Waals surface area contributed by atoms with Crippen LogP contribution < -0.4 is 15.2 Å². The van der Waals surface area contributed by atoms with Crippen LogP contribution in [0.5, 0.6) is 11.5 Å². The third-order valence-corrected chi connectivity index (χ3v) is 5.98. The van der Waals surface area contributed by atoms with Gasteiger partial charge in [0.25, 0.3) is 0 Å². The van der Waals surface area contributed by atoms with Crippen molar-refractivity contribution < 1.29 is 34.1 Å². The van der Waals surface area contributed by atoms with Gasteiger partial charge in [0, 0.05) is 41.1 Å². The highest BCUT2D eigenvalue weighted by Crippen LogP contribution is 2.44. The number of carbonyl (C=O) groups is 1. The first-order valence-electron chi connectivity index (χ1n) is 15.7. The summed E-state index contributed by atoms with van der Waals surface area (Å²) in [5.41, 5.74) is 7.41. The number of hydrogen-bond donors (Lipinski definition) is 1. The molecule has 1 fully saturated rings. The lowest BCUT2D eigenvalue weighted by Gasteiger charge is -2.47. The zero-order valence-electron chi connectivity index (χ0n) is 28.7. The molecule has 0 bridgehead atoms. The Morgan fingerprint density at radius 2 is 2.10 bits per heavy atom. The third-order valence-electron chi connectivity index (χ3n) is 5.98. The van der Waals surface area contributed by atoms with Gasteiger partial charge in [0.2, 0.25) is 0 Å². The molecule has 168 valence electrons. The van der Waals surface area contributed by atoms with E-state index >= 15 is 0 Å². The van der Waals surface area contributed by atoms with E-state index in [1.807, 2.05) is 13.8 Å². The van der Waals surface area contributed by atoms with Crippen molar-refractivity contribution in [3.8, 4) is 11.5 Å². The average molecular weight is 430 g/mol. The number of nitrogens with two attached hydrogens (primary N) is 1. The normalized spacial score (nSPS) is 33.0. The number of piperidine rings is 1. The van der Waals surface area contributed by atoms with Crippen molar-refractivity contribution in [2.75, 3.05) is 27.2 Å². The molecule has 1 aromatic carbocycles. The van der Waals surface area contributed by atoms with Crippen molar-refractivity contribution in [3.63, 3.8) is 0 Å². The second-order valence-corrected chi connectivity index (χ2v) is 8.42. The lowest BCUT2D eigenvalue weighted by molar-refractivity contribution is -0.160. The fourth-order valence-electron chi connectivity index (χ4n) is 4.61. The molecular weight excluding hydrogens is 380 g/mol. The predicted octanol–water partition coefficient (Wildman–Crippen LogP) is 3.56. The van der Waals surface area contributed by atoms with Crippen molar-refractivity contribution in [1.82, 2.24) is 4.90 Å². The first-order chi connectivity index (χ1) is 18.5. The van der Waals surface area contributed by atoms with Crippen LogP contribution in [0.2, 0.25) is 0 Å². The Balaban J connectivity index is 1.99. The second-order valence-electron chi connectivity index (χ2n) is 8.42. The van der Waals surface area contributed by atoms with Crippen LogP contribution in [-0.2, 0) is 16.0 Å². The van der Waals surface area contributed by atoms with Crippen LogP contribution in [0.1, 0.15) is 72.6 Å². The van der Waals surface area contributed by atoms with Gasteiger partial charge in [-0.25, -0.2) is 0 Å². The molecule has 3 rings (SSSR count). The fourth-order valence-corrected chi connectivity index (χ4v) is 4.61. The molecule has 1 saturated heterocycles. The standard InChI is InChI=1S/C24H38N2O4/c1-14(2)9-17-13-26-8-7-16-10-21(28-5)22(29-6)11-18(16)19(26)12-20(17)30-24(27)23(25)15(3)4/h10-11,14-15,17,19-20,23H,7-9,12-13,25H2,1-6H3/t17?,19?,20?,23-/m0/s1/i3D3,4D3,5D3,15D,23D. The van der Waals surface area contributed by atoms with E-state index in [1.54, 1.807) is 12.1 Å². The van der Waals surface area contributed by atoms with E-state index in [4.69, 9.17) is 35.0 Å². The molecule has 2 aliphatic heterocycles. The van der Waals surface area contributed by atoms with E-state index in [9.17, 15) is 4.79 Å². The molecule has 1 aromatic rings. The van der Waals surface area contributed by atoms with Crippen LogP contribution in [0.25, 0.3) is 0 Å². The van der Waals surface area contributed by atoms with Crippen molar-refractivity contribution in [3.05, 3.63) is 23.3 Å². The first-order valence-corrected chi connectivity index (χ1v) is 10.2. The molecule has 0 aromatic heterocycles. The van der Waals surface area contributed by atoms with Gasteiger partial charge in [-0.3, -0.25) is 9.69 Å². The Morgan fingerprint density at radius 1 is 1.33 bits per heavy atom. The van der Waals surface area contributed by atoms with E-state index in [0.717, 1.165) is 11.1 Å². The summed E-state index contributed by atoms with van der Waals surface area (Å²) in [7, 11) is -1.30. The van der Waals surface area contributed by atoms with E-state index in [1.165, 1.54) is 7.11 Å². The summed E-state index contributed by atoms with van der Waals surface area (Å²) in [6, 6.07) is -0.447. The molecule has 30 heavy (non-hydrogen) atoms. The fraction of sp³-hybridized carbons (Fsp3) is 0.708. The number of carbonyl (C=O) groups excluding carboxylic acids is 1. The Kier molecular flexibility index (Phi) is 3.92. The molecule has 2 aliphatic rings. The number of esters is 1. The summed E-state index contributed by atoms with van der Waals surface area (Å²) in [4.78, 5) is 15.5. The van der Waals surface area contributed by atoms with Gasteiger partial charge in [-0.2, -0.15) is 0 Å². The highest BCUT2D eigenvalue weighted by Gasteiger charge is 2.41. The summed E-state index contributed by atoms with van der Waals surface area (Å²) in [6.07, 6.45) is 0.556. The van der Waals surface area contributed by atoms with Gasteiger partial charge in [-0.1, -0.05) is 27.6 Å². The highest BCUT2D eigenvalue weighted by molar-refractivity contribution is 5.76. The lowest BCUT2D eigenvalue weighted by Crippen LogP contribution is -2.51. The monoisotopic (exact) mass is 429 g/mol. The molecule has 4 atom stereocenters. The quantitative estimate of drug-likeness (QED) is 0.668. The predicted molar refractivity (Wildman–Crippen MR) is 118 cm³/mol. The molecule has 0 saturated carbocycles. The molecule has 6 nitrogen and oxygen atoms in total.